The van der Waals surface area contributed by atoms with Crippen LogP contribution >= 0.6 is 0 Å². The van der Waals surface area contributed by atoms with Crippen LogP contribution < -0.4 is 4.74 Å². The van der Waals surface area contributed by atoms with Crippen LogP contribution in [0.2, 0.25) is 0 Å². The molecule has 142 valence electrons. The molecule has 4 heteroatoms. The van der Waals surface area contributed by atoms with Crippen molar-refractivity contribution in [2.75, 3.05) is 13.1 Å². The second kappa shape index (κ2) is 9.26. The van der Waals surface area contributed by atoms with E-state index in [4.69, 9.17) is 4.74 Å². The van der Waals surface area contributed by atoms with E-state index < -0.39 is 0 Å². The molecule has 2 aromatic carbocycles. The van der Waals surface area contributed by atoms with Crippen LogP contribution in [0.4, 0.5) is 0 Å². The van der Waals surface area contributed by atoms with Crippen molar-refractivity contribution >= 4 is 16.8 Å². The van der Waals surface area contributed by atoms with E-state index in [-0.39, 0.29) is 5.91 Å². The summed E-state index contributed by atoms with van der Waals surface area (Å²) in [5, 5.41) is 1.04. The van der Waals surface area contributed by atoms with Gasteiger partial charge in [0.05, 0.1) is 5.52 Å². The lowest BCUT2D eigenvalue weighted by molar-refractivity contribution is -0.131. The van der Waals surface area contributed by atoms with Crippen molar-refractivity contribution in [2.45, 2.75) is 39.8 Å². The van der Waals surface area contributed by atoms with Gasteiger partial charge < -0.3 is 14.2 Å². The van der Waals surface area contributed by atoms with Gasteiger partial charge in [-0.3, -0.25) is 4.79 Å². The van der Waals surface area contributed by atoms with Crippen LogP contribution in [-0.4, -0.2) is 28.5 Å². The smallest absolute Gasteiger partial charge is 0.242 e. The zero-order chi connectivity index (χ0) is 19.1. The minimum atomic E-state index is 0.173. The van der Waals surface area contributed by atoms with Crippen LogP contribution in [0.3, 0.4) is 0 Å². The van der Waals surface area contributed by atoms with Crippen molar-refractivity contribution < 1.29 is 9.53 Å². The summed E-state index contributed by atoms with van der Waals surface area (Å²) >= 11 is 0. The van der Waals surface area contributed by atoms with E-state index in [2.05, 4.69) is 26.0 Å². The summed E-state index contributed by atoms with van der Waals surface area (Å²) in [6, 6.07) is 18.2. The van der Waals surface area contributed by atoms with Gasteiger partial charge in [0.15, 0.2) is 0 Å². The normalized spacial score (nSPS) is 10.9. The molecule has 27 heavy (non-hydrogen) atoms. The maximum Gasteiger partial charge on any atom is 0.242 e. The fourth-order valence-corrected chi connectivity index (χ4v) is 3.34. The van der Waals surface area contributed by atoms with Crippen molar-refractivity contribution in [1.82, 2.24) is 9.47 Å². The lowest BCUT2D eigenvalue weighted by atomic mass is 10.2. The Labute approximate surface area is 161 Å². The van der Waals surface area contributed by atoms with Crippen molar-refractivity contribution in [2.24, 2.45) is 0 Å². The predicted octanol–water partition coefficient (Wildman–Crippen LogP) is 4.87. The highest BCUT2D eigenvalue weighted by molar-refractivity contribution is 5.88. The Morgan fingerprint density at radius 2 is 1.70 bits per heavy atom. The topological polar surface area (TPSA) is 34.5 Å². The largest absolute Gasteiger partial charge is 0.488 e. The Morgan fingerprint density at radius 3 is 2.41 bits per heavy atom. The molecule has 1 amide bonds. The molecule has 0 aliphatic carbocycles. The Kier molecular flexibility index (Phi) is 6.53. The van der Waals surface area contributed by atoms with Crippen molar-refractivity contribution in [1.29, 1.82) is 0 Å². The van der Waals surface area contributed by atoms with Crippen LogP contribution in [0, 0.1) is 0 Å². The molecule has 1 heterocycles. The molecule has 0 saturated heterocycles. The average Bonchev–Trinajstić information content (AvgIpc) is 3.10. The highest BCUT2D eigenvalue weighted by Gasteiger charge is 2.14. The molecule has 1 aromatic heterocycles. The third-order valence-electron chi connectivity index (χ3n) is 4.66. The SMILES string of the molecule is CCCN(CCC)C(=O)Cn1ccc2c(OCc3ccccc3)cccc21. The first-order valence-electron chi connectivity index (χ1n) is 9.75. The molecule has 0 saturated carbocycles. The van der Waals surface area contributed by atoms with E-state index in [1.807, 2.05) is 58.1 Å². The second-order valence-corrected chi connectivity index (χ2v) is 6.79. The highest BCUT2D eigenvalue weighted by Crippen LogP contribution is 2.27. The number of fused-ring (bicyclic) bond motifs is 1. The molecule has 3 aromatic rings. The van der Waals surface area contributed by atoms with E-state index in [9.17, 15) is 4.79 Å². The fraction of sp³-hybridized carbons (Fsp3) is 0.348. The summed E-state index contributed by atoms with van der Waals surface area (Å²) in [7, 11) is 0. The van der Waals surface area contributed by atoms with E-state index in [1.54, 1.807) is 0 Å². The lowest BCUT2D eigenvalue weighted by Crippen LogP contribution is -2.35. The number of carbonyl (C=O) groups is 1. The maximum atomic E-state index is 12.7. The molecule has 0 radical (unpaired) electrons. The summed E-state index contributed by atoms with van der Waals surface area (Å²) in [6.45, 7) is 6.75. The molecule has 0 fully saturated rings. The quantitative estimate of drug-likeness (QED) is 0.543. The monoisotopic (exact) mass is 364 g/mol. The van der Waals surface area contributed by atoms with Crippen molar-refractivity contribution in [3.05, 3.63) is 66.4 Å². The summed E-state index contributed by atoms with van der Waals surface area (Å²) in [6.07, 6.45) is 3.94. The van der Waals surface area contributed by atoms with Crippen LogP contribution in [0.5, 0.6) is 5.75 Å². The van der Waals surface area contributed by atoms with Gasteiger partial charge in [0.2, 0.25) is 5.91 Å². The third kappa shape index (κ3) is 4.70. The van der Waals surface area contributed by atoms with Gasteiger partial charge >= 0.3 is 0 Å². The molecule has 0 atom stereocenters. The second-order valence-electron chi connectivity index (χ2n) is 6.79. The minimum absolute atomic E-state index is 0.173. The number of carbonyl (C=O) groups excluding carboxylic acids is 1. The molecular weight excluding hydrogens is 336 g/mol. The number of amides is 1. The van der Waals surface area contributed by atoms with E-state index >= 15 is 0 Å². The highest BCUT2D eigenvalue weighted by atomic mass is 16.5. The Bertz CT molecular complexity index is 864. The molecule has 4 nitrogen and oxygen atoms in total. The van der Waals surface area contributed by atoms with Gasteiger partial charge in [-0.05, 0) is 36.6 Å². The van der Waals surface area contributed by atoms with E-state index in [0.29, 0.717) is 13.2 Å². The number of hydrogen-bond donors (Lipinski definition) is 0. The number of benzene rings is 2. The summed E-state index contributed by atoms with van der Waals surface area (Å²) in [5.74, 6) is 1.02. The first-order chi connectivity index (χ1) is 13.2. The summed E-state index contributed by atoms with van der Waals surface area (Å²) in [5.41, 5.74) is 2.17. The minimum Gasteiger partial charge on any atom is -0.488 e. The maximum absolute atomic E-state index is 12.7. The molecule has 0 aliphatic heterocycles. The van der Waals surface area contributed by atoms with Gasteiger partial charge in [-0.15, -0.1) is 0 Å². The number of hydrogen-bond acceptors (Lipinski definition) is 2. The van der Waals surface area contributed by atoms with Crippen LogP contribution in [-0.2, 0) is 17.9 Å². The molecule has 0 aliphatic rings. The molecule has 0 spiro atoms. The van der Waals surface area contributed by atoms with E-state index in [1.165, 1.54) is 0 Å². The van der Waals surface area contributed by atoms with E-state index in [0.717, 1.165) is 48.1 Å². The Hall–Kier alpha value is -2.75. The van der Waals surface area contributed by atoms with Crippen LogP contribution in [0.25, 0.3) is 10.9 Å². The number of nitrogens with zero attached hydrogens (tertiary/aromatic N) is 2. The van der Waals surface area contributed by atoms with Gasteiger partial charge in [-0.2, -0.15) is 0 Å². The van der Waals surface area contributed by atoms with Crippen LogP contribution in [0.1, 0.15) is 32.3 Å². The van der Waals surface area contributed by atoms with Gasteiger partial charge in [0, 0.05) is 24.7 Å². The Morgan fingerprint density at radius 1 is 0.963 bits per heavy atom. The zero-order valence-corrected chi connectivity index (χ0v) is 16.2. The van der Waals surface area contributed by atoms with Gasteiger partial charge in [0.25, 0.3) is 0 Å². The van der Waals surface area contributed by atoms with Crippen molar-refractivity contribution in [3.63, 3.8) is 0 Å². The van der Waals surface area contributed by atoms with Crippen molar-refractivity contribution in [3.8, 4) is 5.75 Å². The number of rotatable bonds is 9. The molecule has 0 unspecified atom stereocenters. The molecular formula is C23H28N2O2. The third-order valence-corrected chi connectivity index (χ3v) is 4.66. The molecule has 0 bridgehead atoms. The summed E-state index contributed by atoms with van der Waals surface area (Å²) < 4.78 is 8.06. The van der Waals surface area contributed by atoms with Gasteiger partial charge in [0.1, 0.15) is 18.9 Å². The van der Waals surface area contributed by atoms with Crippen LogP contribution in [0.15, 0.2) is 60.8 Å². The van der Waals surface area contributed by atoms with Gasteiger partial charge in [-0.1, -0.05) is 50.2 Å². The average molecular weight is 364 g/mol. The number of aromatic nitrogens is 1. The predicted molar refractivity (Wildman–Crippen MR) is 110 cm³/mol. The standard InChI is InChI=1S/C23H28N2O2/c1-3-14-24(15-4-2)23(26)17-25-16-13-20-21(25)11-8-12-22(20)27-18-19-9-6-5-7-10-19/h5-13,16H,3-4,14-15,17-18H2,1-2H3. The fourth-order valence-electron chi connectivity index (χ4n) is 3.34. The molecule has 0 N–H and O–H groups in total. The first kappa shape index (κ1) is 19.0. The first-order valence-corrected chi connectivity index (χ1v) is 9.75. The number of ether oxygens (including phenoxy) is 1. The zero-order valence-electron chi connectivity index (χ0n) is 16.2. The molecule has 3 rings (SSSR count). The lowest BCUT2D eigenvalue weighted by Gasteiger charge is -2.22. The summed E-state index contributed by atoms with van der Waals surface area (Å²) in [4.78, 5) is 14.7. The Balaban J connectivity index is 1.75. The van der Waals surface area contributed by atoms with Gasteiger partial charge in [-0.25, -0.2) is 0 Å².